The first-order valence-corrected chi connectivity index (χ1v) is 7.30. The van der Waals surface area contributed by atoms with Crippen molar-refractivity contribution in [3.8, 4) is 0 Å². The Bertz CT molecular complexity index is 962. The largest absolute Gasteiger partial charge is 0.440 e. The lowest BCUT2D eigenvalue weighted by molar-refractivity contribution is 0.487. The maximum Gasteiger partial charge on any atom is 0.204 e. The molecule has 2 heterocycles. The van der Waals surface area contributed by atoms with Crippen LogP contribution in [-0.2, 0) is 6.42 Å². The zero-order valence-electron chi connectivity index (χ0n) is 12.9. The van der Waals surface area contributed by atoms with Crippen molar-refractivity contribution in [3.05, 3.63) is 47.2 Å². The second-order valence-electron chi connectivity index (χ2n) is 5.76. The number of aromatic nitrogens is 2. The number of oxazole rings is 2. The smallest absolute Gasteiger partial charge is 0.204 e. The minimum Gasteiger partial charge on any atom is -0.440 e. The van der Waals surface area contributed by atoms with Crippen molar-refractivity contribution in [1.82, 2.24) is 9.97 Å². The normalized spacial score (nSPS) is 11.6. The van der Waals surface area contributed by atoms with E-state index in [4.69, 9.17) is 20.3 Å². The number of anilines is 2. The Kier molecular flexibility index (Phi) is 2.81. The summed E-state index contributed by atoms with van der Waals surface area (Å²) in [7, 11) is 0. The predicted molar refractivity (Wildman–Crippen MR) is 89.1 cm³/mol. The molecule has 6 nitrogen and oxygen atoms in total. The average molecular weight is 308 g/mol. The van der Waals surface area contributed by atoms with Crippen molar-refractivity contribution in [2.24, 2.45) is 0 Å². The SMILES string of the molecule is Cc1cc(N)cc2nc(Cc3nc4cc(N)cc(C)c4o3)oc12. The highest BCUT2D eigenvalue weighted by molar-refractivity contribution is 5.81. The molecule has 0 spiro atoms. The fraction of sp³-hybridized carbons (Fsp3) is 0.176. The van der Waals surface area contributed by atoms with E-state index < -0.39 is 0 Å². The number of nitrogens with two attached hydrogens (primary N) is 2. The van der Waals surface area contributed by atoms with Gasteiger partial charge in [-0.1, -0.05) is 0 Å². The second kappa shape index (κ2) is 4.74. The van der Waals surface area contributed by atoms with Gasteiger partial charge >= 0.3 is 0 Å². The number of nitrogens with zero attached hydrogens (tertiary/aromatic N) is 2. The molecule has 4 rings (SSSR count). The van der Waals surface area contributed by atoms with Crippen molar-refractivity contribution >= 4 is 33.6 Å². The lowest BCUT2D eigenvalue weighted by atomic mass is 10.2. The molecule has 23 heavy (non-hydrogen) atoms. The molecule has 0 saturated heterocycles. The number of nitrogen functional groups attached to an aromatic ring is 2. The zero-order chi connectivity index (χ0) is 16.1. The van der Waals surface area contributed by atoms with Crippen LogP contribution in [0.2, 0.25) is 0 Å². The Morgan fingerprint density at radius 2 is 1.22 bits per heavy atom. The lowest BCUT2D eigenvalue weighted by Gasteiger charge is -1.95. The molecule has 6 heteroatoms. The van der Waals surface area contributed by atoms with Gasteiger partial charge < -0.3 is 20.3 Å². The van der Waals surface area contributed by atoms with Gasteiger partial charge in [0.1, 0.15) is 17.5 Å². The van der Waals surface area contributed by atoms with E-state index in [0.717, 1.165) is 33.3 Å². The van der Waals surface area contributed by atoms with Crippen LogP contribution in [0.4, 0.5) is 11.4 Å². The van der Waals surface area contributed by atoms with Gasteiger partial charge in [-0.25, -0.2) is 9.97 Å². The van der Waals surface area contributed by atoms with E-state index in [1.54, 1.807) is 12.1 Å². The van der Waals surface area contributed by atoms with Crippen LogP contribution in [0.25, 0.3) is 22.2 Å². The molecule has 116 valence electrons. The van der Waals surface area contributed by atoms with E-state index in [0.29, 0.717) is 29.6 Å². The van der Waals surface area contributed by atoms with Crippen molar-refractivity contribution in [2.45, 2.75) is 20.3 Å². The first-order valence-electron chi connectivity index (χ1n) is 7.30. The molecular weight excluding hydrogens is 292 g/mol. The van der Waals surface area contributed by atoms with E-state index in [9.17, 15) is 0 Å². The lowest BCUT2D eigenvalue weighted by Crippen LogP contribution is -1.88. The maximum absolute atomic E-state index is 5.84. The van der Waals surface area contributed by atoms with Crippen LogP contribution in [0, 0.1) is 13.8 Å². The fourth-order valence-corrected chi connectivity index (χ4v) is 2.83. The van der Waals surface area contributed by atoms with Gasteiger partial charge in [0.25, 0.3) is 0 Å². The molecule has 0 aliphatic carbocycles. The minimum absolute atomic E-state index is 0.377. The van der Waals surface area contributed by atoms with Gasteiger partial charge in [-0.05, 0) is 49.2 Å². The molecule has 0 fully saturated rings. The van der Waals surface area contributed by atoms with Gasteiger partial charge in [0.15, 0.2) is 11.2 Å². The van der Waals surface area contributed by atoms with Crippen LogP contribution in [0.5, 0.6) is 0 Å². The number of aryl methyl sites for hydroxylation is 2. The summed E-state index contributed by atoms with van der Waals surface area (Å²) in [4.78, 5) is 8.94. The number of benzene rings is 2. The summed E-state index contributed by atoms with van der Waals surface area (Å²) in [5.74, 6) is 1.09. The monoisotopic (exact) mass is 308 g/mol. The Morgan fingerprint density at radius 1 is 0.783 bits per heavy atom. The van der Waals surface area contributed by atoms with Crippen LogP contribution in [0.15, 0.2) is 33.1 Å². The molecule has 2 aromatic carbocycles. The molecular formula is C17H16N4O2. The highest BCUT2D eigenvalue weighted by atomic mass is 16.4. The van der Waals surface area contributed by atoms with Crippen LogP contribution >= 0.6 is 0 Å². The third-order valence-corrected chi connectivity index (χ3v) is 3.79. The standard InChI is InChI=1S/C17H16N4O2/c1-8-3-10(18)5-12-16(8)22-14(20-12)7-15-21-13-6-11(19)4-9(2)17(13)23-15/h3-6H,7,18-19H2,1-2H3. The Labute approximate surface area is 132 Å². The molecule has 0 aliphatic rings. The van der Waals surface area contributed by atoms with Gasteiger partial charge in [-0.2, -0.15) is 0 Å². The van der Waals surface area contributed by atoms with E-state index in [-0.39, 0.29) is 0 Å². The second-order valence-corrected chi connectivity index (χ2v) is 5.76. The number of rotatable bonds is 2. The van der Waals surface area contributed by atoms with Crippen molar-refractivity contribution in [2.75, 3.05) is 11.5 Å². The summed E-state index contributed by atoms with van der Waals surface area (Å²) in [6, 6.07) is 7.32. The quantitative estimate of drug-likeness (QED) is 0.550. The number of hydrogen-bond acceptors (Lipinski definition) is 6. The van der Waals surface area contributed by atoms with E-state index in [1.807, 2.05) is 26.0 Å². The third kappa shape index (κ3) is 2.28. The average Bonchev–Trinajstić information content (AvgIpc) is 3.02. The summed E-state index contributed by atoms with van der Waals surface area (Å²) in [5.41, 5.74) is 17.9. The highest BCUT2D eigenvalue weighted by Crippen LogP contribution is 2.26. The summed E-state index contributed by atoms with van der Waals surface area (Å²) in [5, 5.41) is 0. The predicted octanol–water partition coefficient (Wildman–Crippen LogP) is 3.34. The van der Waals surface area contributed by atoms with Crippen LogP contribution in [0.1, 0.15) is 22.9 Å². The fourth-order valence-electron chi connectivity index (χ4n) is 2.83. The summed E-state index contributed by atoms with van der Waals surface area (Å²) >= 11 is 0. The molecule has 0 amide bonds. The third-order valence-electron chi connectivity index (χ3n) is 3.79. The van der Waals surface area contributed by atoms with Gasteiger partial charge in [-0.3, -0.25) is 0 Å². The van der Waals surface area contributed by atoms with E-state index in [1.165, 1.54) is 0 Å². The topological polar surface area (TPSA) is 104 Å². The zero-order valence-corrected chi connectivity index (χ0v) is 12.9. The molecule has 0 atom stereocenters. The molecule has 0 radical (unpaired) electrons. The van der Waals surface area contributed by atoms with Gasteiger partial charge in [0, 0.05) is 11.4 Å². The number of fused-ring (bicyclic) bond motifs is 2. The molecule has 0 saturated carbocycles. The van der Waals surface area contributed by atoms with Crippen LogP contribution < -0.4 is 11.5 Å². The van der Waals surface area contributed by atoms with E-state index >= 15 is 0 Å². The Balaban J connectivity index is 1.75. The summed E-state index contributed by atoms with van der Waals surface area (Å²) < 4.78 is 11.6. The van der Waals surface area contributed by atoms with Gasteiger partial charge in [0.05, 0.1) is 0 Å². The van der Waals surface area contributed by atoms with Gasteiger partial charge in [-0.15, -0.1) is 0 Å². The van der Waals surface area contributed by atoms with Crippen molar-refractivity contribution in [3.63, 3.8) is 0 Å². The first kappa shape index (κ1) is 13.6. The molecule has 2 aromatic heterocycles. The molecule has 0 unspecified atom stereocenters. The maximum atomic E-state index is 5.84. The molecule has 4 N–H and O–H groups in total. The Hall–Kier alpha value is -3.02. The first-order chi connectivity index (χ1) is 11.0. The van der Waals surface area contributed by atoms with Crippen LogP contribution in [-0.4, -0.2) is 9.97 Å². The summed E-state index contributed by atoms with van der Waals surface area (Å²) in [6.45, 7) is 3.89. The molecule has 0 aliphatic heterocycles. The van der Waals surface area contributed by atoms with Crippen molar-refractivity contribution in [1.29, 1.82) is 0 Å². The summed E-state index contributed by atoms with van der Waals surface area (Å²) in [6.07, 6.45) is 0.377. The van der Waals surface area contributed by atoms with E-state index in [2.05, 4.69) is 9.97 Å². The highest BCUT2D eigenvalue weighted by Gasteiger charge is 2.14. The molecule has 0 bridgehead atoms. The van der Waals surface area contributed by atoms with Crippen LogP contribution in [0.3, 0.4) is 0 Å². The molecule has 4 aromatic rings. The van der Waals surface area contributed by atoms with Crippen molar-refractivity contribution < 1.29 is 8.83 Å². The Morgan fingerprint density at radius 3 is 1.65 bits per heavy atom. The minimum atomic E-state index is 0.377. The number of hydrogen-bond donors (Lipinski definition) is 2. The van der Waals surface area contributed by atoms with Gasteiger partial charge in [0.2, 0.25) is 11.8 Å².